The first-order chi connectivity index (χ1) is 2.91. The first-order valence-corrected chi connectivity index (χ1v) is 2.06. The summed E-state index contributed by atoms with van der Waals surface area (Å²) in [6.07, 6.45) is 0. The molecule has 0 aliphatic rings. The third-order valence-electron chi connectivity index (χ3n) is 0.530. The minimum atomic E-state index is 0.132. The van der Waals surface area contributed by atoms with Gasteiger partial charge in [-0.1, -0.05) is 6.92 Å². The maximum atomic E-state index is 3.33. The molecule has 0 heterocycles. The maximum absolute atomic E-state index is 3.33. The van der Waals surface area contributed by atoms with E-state index in [0.717, 1.165) is 6.54 Å². The third-order valence-corrected chi connectivity index (χ3v) is 0.530. The van der Waals surface area contributed by atoms with Crippen molar-refractivity contribution >= 4 is 15.5 Å². The monoisotopic (exact) mass is 86.1 g/mol. The molecule has 38 valence electrons. The van der Waals surface area contributed by atoms with Crippen molar-refractivity contribution in [2.45, 2.75) is 6.92 Å². The summed E-state index contributed by atoms with van der Waals surface area (Å²) in [6, 6.07) is 0. The zero-order valence-electron chi connectivity index (χ0n) is 3.71. The Balaban J connectivity index is 2.34. The molecule has 0 bridgehead atoms. The van der Waals surface area contributed by atoms with Crippen molar-refractivity contribution in [3.05, 3.63) is 0 Å². The SMILES string of the molecule is [BH3-]N[BH2-]NCC. The van der Waals surface area contributed by atoms with E-state index in [1.54, 1.807) is 0 Å². The van der Waals surface area contributed by atoms with Gasteiger partial charge in [-0.05, 0) is 14.5 Å². The standard InChI is InChI=1S/C2H12B2N2/c1-2-5-4-6-3/h5-6H,2,4H2,1,3H3/q-2. The van der Waals surface area contributed by atoms with Gasteiger partial charge in [-0.2, -0.15) is 0 Å². The molecular formula is C2H12B2N2-2. The summed E-state index contributed by atoms with van der Waals surface area (Å²) < 4.78 is 0. The van der Waals surface area contributed by atoms with E-state index in [2.05, 4.69) is 17.3 Å². The molecule has 0 unspecified atom stereocenters. The molecule has 4 heteroatoms. The van der Waals surface area contributed by atoms with Gasteiger partial charge in [0.25, 0.3) is 0 Å². The zero-order chi connectivity index (χ0) is 4.83. The van der Waals surface area contributed by atoms with Gasteiger partial charge >= 0.3 is 0 Å². The van der Waals surface area contributed by atoms with Crippen LogP contribution >= 0.6 is 0 Å². The minimum Gasteiger partial charge on any atom is -0.668 e. The maximum Gasteiger partial charge on any atom is 0.0561 e. The fraction of sp³-hybridized carbons (Fsp3) is 1.00. The predicted molar refractivity (Wildman–Crippen MR) is 35.3 cm³/mol. The second-order valence-electron chi connectivity index (χ2n) is 0.957. The van der Waals surface area contributed by atoms with Crippen LogP contribution < -0.4 is 10.4 Å². The second kappa shape index (κ2) is 5.05. The van der Waals surface area contributed by atoms with Gasteiger partial charge in [0.1, 0.15) is 0 Å². The Morgan fingerprint density at radius 1 is 1.83 bits per heavy atom. The van der Waals surface area contributed by atoms with Crippen LogP contribution in [0.5, 0.6) is 0 Å². The Labute approximate surface area is 40.4 Å². The van der Waals surface area contributed by atoms with Crippen LogP contribution in [0.3, 0.4) is 0 Å². The molecule has 2 N–H and O–H groups in total. The van der Waals surface area contributed by atoms with Crippen LogP contribution in [0, 0.1) is 0 Å². The molecular weight excluding hydrogens is 73.7 g/mol. The van der Waals surface area contributed by atoms with E-state index < -0.39 is 0 Å². The van der Waals surface area contributed by atoms with Crippen molar-refractivity contribution in [3.63, 3.8) is 0 Å². The van der Waals surface area contributed by atoms with E-state index in [1.165, 1.54) is 0 Å². The molecule has 0 saturated heterocycles. The van der Waals surface area contributed by atoms with Gasteiger partial charge in [-0.15, -0.1) is 0 Å². The van der Waals surface area contributed by atoms with Crippen LogP contribution in [0.25, 0.3) is 0 Å². The van der Waals surface area contributed by atoms with Crippen LogP contribution in [-0.2, 0) is 0 Å². The largest absolute Gasteiger partial charge is 0.668 e. The van der Waals surface area contributed by atoms with Crippen LogP contribution in [-0.4, -0.2) is 22.1 Å². The molecule has 0 radical (unpaired) electrons. The highest BCUT2D eigenvalue weighted by molar-refractivity contribution is 6.39. The van der Waals surface area contributed by atoms with Gasteiger partial charge in [0, 0.05) is 0 Å². The highest BCUT2D eigenvalue weighted by atomic mass is 14.8. The molecule has 0 rings (SSSR count). The summed E-state index contributed by atoms with van der Waals surface area (Å²) in [5, 5.41) is 6.61. The van der Waals surface area contributed by atoms with Crippen molar-refractivity contribution in [1.29, 1.82) is 0 Å². The second-order valence-corrected chi connectivity index (χ2v) is 0.957. The summed E-state index contributed by atoms with van der Waals surface area (Å²) in [5.74, 6) is 0. The Kier molecular flexibility index (Phi) is 5.09. The van der Waals surface area contributed by atoms with Gasteiger partial charge < -0.3 is 10.4 Å². The lowest BCUT2D eigenvalue weighted by atomic mass is 10.1. The Bertz CT molecular complexity index is 21.5. The van der Waals surface area contributed by atoms with E-state index in [9.17, 15) is 0 Å². The lowest BCUT2D eigenvalue weighted by Crippen LogP contribution is -2.30. The average molecular weight is 85.8 g/mol. The van der Waals surface area contributed by atoms with Crippen molar-refractivity contribution < 1.29 is 0 Å². The molecule has 0 atom stereocenters. The lowest BCUT2D eigenvalue weighted by molar-refractivity contribution is 0.994. The Morgan fingerprint density at radius 2 is 2.50 bits per heavy atom. The van der Waals surface area contributed by atoms with E-state index >= 15 is 0 Å². The number of nitrogens with one attached hydrogen (secondary N) is 2. The molecule has 0 saturated carbocycles. The van der Waals surface area contributed by atoms with E-state index in [1.807, 2.05) is 0 Å². The van der Waals surface area contributed by atoms with E-state index in [4.69, 9.17) is 0 Å². The number of rotatable bonds is 3. The molecule has 0 spiro atoms. The number of hydrogen-bond acceptors (Lipinski definition) is 2. The van der Waals surface area contributed by atoms with Crippen LogP contribution in [0.4, 0.5) is 0 Å². The molecule has 0 aromatic heterocycles. The van der Waals surface area contributed by atoms with Gasteiger partial charge in [-0.3, -0.25) is 0 Å². The normalized spacial score (nSPS) is 9.00. The van der Waals surface area contributed by atoms with Crippen molar-refractivity contribution in [2.75, 3.05) is 6.54 Å². The predicted octanol–water partition coefficient (Wildman–Crippen LogP) is -2.54. The summed E-state index contributed by atoms with van der Waals surface area (Å²) >= 11 is 0. The first kappa shape index (κ1) is 6.05. The molecule has 0 aromatic rings. The summed E-state index contributed by atoms with van der Waals surface area (Å²) in [7, 11) is 0.615. The summed E-state index contributed by atoms with van der Waals surface area (Å²) in [4.78, 5) is 0. The Hall–Kier alpha value is 0.0499. The van der Waals surface area contributed by atoms with Gasteiger partial charge in [-0.25, -0.2) is 0 Å². The van der Waals surface area contributed by atoms with Gasteiger partial charge in [0.15, 0.2) is 0 Å². The topological polar surface area (TPSA) is 24.1 Å². The van der Waals surface area contributed by atoms with Crippen LogP contribution in [0.1, 0.15) is 6.92 Å². The molecule has 0 aliphatic carbocycles. The molecule has 0 amide bonds. The quantitative estimate of drug-likeness (QED) is 0.292. The zero-order valence-corrected chi connectivity index (χ0v) is 3.71. The molecule has 0 fully saturated rings. The third kappa shape index (κ3) is 4.05. The smallest absolute Gasteiger partial charge is 0.0561 e. The van der Waals surface area contributed by atoms with Crippen molar-refractivity contribution in [2.24, 2.45) is 0 Å². The Morgan fingerprint density at radius 3 is 2.67 bits per heavy atom. The average Bonchev–Trinajstić information content (AvgIpc) is 1.61. The van der Waals surface area contributed by atoms with E-state index in [0.29, 0.717) is 7.98 Å². The van der Waals surface area contributed by atoms with Gasteiger partial charge in [0.05, 0.1) is 7.55 Å². The van der Waals surface area contributed by atoms with Crippen molar-refractivity contribution in [1.82, 2.24) is 10.4 Å². The fourth-order valence-electron chi connectivity index (χ4n) is 0.177. The van der Waals surface area contributed by atoms with E-state index in [-0.39, 0.29) is 7.55 Å². The molecule has 0 aliphatic heterocycles. The summed E-state index contributed by atoms with van der Waals surface area (Å²) in [5.41, 5.74) is 0. The highest BCUT2D eigenvalue weighted by Gasteiger charge is 1.59. The van der Waals surface area contributed by atoms with Crippen LogP contribution in [0.2, 0.25) is 0 Å². The lowest BCUT2D eigenvalue weighted by Gasteiger charge is -2.08. The van der Waals surface area contributed by atoms with Gasteiger partial charge in [0.2, 0.25) is 0 Å². The van der Waals surface area contributed by atoms with Crippen LogP contribution in [0.15, 0.2) is 0 Å². The van der Waals surface area contributed by atoms with Crippen molar-refractivity contribution in [3.8, 4) is 0 Å². The minimum absolute atomic E-state index is 0.132. The highest BCUT2D eigenvalue weighted by Crippen LogP contribution is 1.40. The molecule has 0 aromatic carbocycles. The molecule has 6 heavy (non-hydrogen) atoms. The summed E-state index contributed by atoms with van der Waals surface area (Å²) in [6.45, 7) is 3.28. The number of hydrogen-bond donors (Lipinski definition) is 2. The first-order valence-electron chi connectivity index (χ1n) is 2.06. The fourth-order valence-corrected chi connectivity index (χ4v) is 0.177. The molecule has 2 nitrogen and oxygen atoms in total.